The van der Waals surface area contributed by atoms with Crippen LogP contribution in [-0.4, -0.2) is 10.6 Å². The summed E-state index contributed by atoms with van der Waals surface area (Å²) in [6.07, 6.45) is 1.82. The third-order valence-electron chi connectivity index (χ3n) is 2.41. The molecular formula is C13H13BrFNO. The summed E-state index contributed by atoms with van der Waals surface area (Å²) in [5.74, 6) is -0.391. The normalized spacial score (nSPS) is 11.9. The first-order valence-corrected chi connectivity index (χ1v) is 6.35. The van der Waals surface area contributed by atoms with Crippen molar-refractivity contribution in [3.63, 3.8) is 0 Å². The van der Waals surface area contributed by atoms with Gasteiger partial charge in [-0.15, -0.1) is 0 Å². The van der Waals surface area contributed by atoms with Crippen molar-refractivity contribution in [2.45, 2.75) is 31.0 Å². The number of alkyl halides is 1. The molecule has 0 aliphatic rings. The standard InChI is InChI=1S/C13H13BrFNO/c1-2-3-13(17)11(14)7-9-4-5-12(15)10(6-9)8-16/h4-6,11H,2-3,7H2,1H3. The van der Waals surface area contributed by atoms with Gasteiger partial charge in [0.2, 0.25) is 0 Å². The Morgan fingerprint density at radius 1 is 1.59 bits per heavy atom. The van der Waals surface area contributed by atoms with E-state index in [0.717, 1.165) is 12.0 Å². The van der Waals surface area contributed by atoms with Crippen molar-refractivity contribution in [3.05, 3.63) is 35.1 Å². The maximum Gasteiger partial charge on any atom is 0.146 e. The van der Waals surface area contributed by atoms with Gasteiger partial charge in [-0.1, -0.05) is 28.9 Å². The summed E-state index contributed by atoms with van der Waals surface area (Å²) in [7, 11) is 0. The molecular weight excluding hydrogens is 285 g/mol. The van der Waals surface area contributed by atoms with E-state index < -0.39 is 5.82 Å². The highest BCUT2D eigenvalue weighted by Gasteiger charge is 2.15. The first-order valence-electron chi connectivity index (χ1n) is 5.43. The van der Waals surface area contributed by atoms with E-state index in [9.17, 15) is 9.18 Å². The molecule has 0 spiro atoms. The first kappa shape index (κ1) is 13.9. The molecule has 0 aliphatic carbocycles. The highest BCUT2D eigenvalue weighted by molar-refractivity contribution is 9.10. The van der Waals surface area contributed by atoms with E-state index in [1.54, 1.807) is 12.1 Å². The Balaban J connectivity index is 2.76. The van der Waals surface area contributed by atoms with Crippen molar-refractivity contribution >= 4 is 21.7 Å². The van der Waals surface area contributed by atoms with Crippen molar-refractivity contribution in [1.82, 2.24) is 0 Å². The molecule has 0 saturated carbocycles. The lowest BCUT2D eigenvalue weighted by Crippen LogP contribution is -2.16. The number of carbonyl (C=O) groups is 1. The summed E-state index contributed by atoms with van der Waals surface area (Å²) in [4.78, 5) is 11.3. The minimum atomic E-state index is -0.526. The Bertz CT molecular complexity index is 453. The summed E-state index contributed by atoms with van der Waals surface area (Å²) >= 11 is 3.32. The fraction of sp³-hybridized carbons (Fsp3) is 0.385. The fourth-order valence-electron chi connectivity index (χ4n) is 1.51. The number of rotatable bonds is 5. The first-order chi connectivity index (χ1) is 8.08. The Labute approximate surface area is 109 Å². The van der Waals surface area contributed by atoms with Crippen LogP contribution >= 0.6 is 15.9 Å². The maximum atomic E-state index is 13.1. The van der Waals surface area contributed by atoms with Crippen LogP contribution in [0.1, 0.15) is 30.9 Å². The largest absolute Gasteiger partial charge is 0.298 e. The van der Waals surface area contributed by atoms with Crippen LogP contribution < -0.4 is 0 Å². The van der Waals surface area contributed by atoms with Gasteiger partial charge >= 0.3 is 0 Å². The van der Waals surface area contributed by atoms with Gasteiger partial charge in [-0.3, -0.25) is 4.79 Å². The molecule has 0 heterocycles. The Kier molecular flexibility index (Phi) is 5.30. The van der Waals surface area contributed by atoms with Crippen molar-refractivity contribution < 1.29 is 9.18 Å². The van der Waals surface area contributed by atoms with Crippen LogP contribution in [0.2, 0.25) is 0 Å². The van der Waals surface area contributed by atoms with Crippen LogP contribution in [0.5, 0.6) is 0 Å². The number of nitriles is 1. The number of ketones is 1. The number of hydrogen-bond donors (Lipinski definition) is 0. The topological polar surface area (TPSA) is 40.9 Å². The van der Waals surface area contributed by atoms with Gasteiger partial charge < -0.3 is 0 Å². The molecule has 1 aromatic carbocycles. The van der Waals surface area contributed by atoms with Gasteiger partial charge in [0.1, 0.15) is 17.7 Å². The summed E-state index contributed by atoms with van der Waals surface area (Å²) in [5.41, 5.74) is 0.805. The van der Waals surface area contributed by atoms with Gasteiger partial charge in [0, 0.05) is 6.42 Å². The third-order valence-corrected chi connectivity index (χ3v) is 3.25. The highest BCUT2D eigenvalue weighted by atomic mass is 79.9. The lowest BCUT2D eigenvalue weighted by molar-refractivity contribution is -0.118. The predicted molar refractivity (Wildman–Crippen MR) is 67.4 cm³/mol. The smallest absolute Gasteiger partial charge is 0.146 e. The van der Waals surface area contributed by atoms with Crippen LogP contribution in [0, 0.1) is 17.1 Å². The van der Waals surface area contributed by atoms with Gasteiger partial charge in [0.25, 0.3) is 0 Å². The van der Waals surface area contributed by atoms with Crippen molar-refractivity contribution in [1.29, 1.82) is 5.26 Å². The molecule has 4 heteroatoms. The number of Topliss-reactive ketones (excluding diaryl/α,β-unsaturated/α-hetero) is 1. The predicted octanol–water partition coefficient (Wildman–Crippen LogP) is 3.37. The van der Waals surface area contributed by atoms with E-state index in [0.29, 0.717) is 12.8 Å². The van der Waals surface area contributed by atoms with Crippen LogP contribution in [0.25, 0.3) is 0 Å². The molecule has 2 nitrogen and oxygen atoms in total. The Hall–Kier alpha value is -1.21. The molecule has 0 fully saturated rings. The Morgan fingerprint density at radius 3 is 2.88 bits per heavy atom. The minimum Gasteiger partial charge on any atom is -0.298 e. The van der Waals surface area contributed by atoms with Crippen LogP contribution in [0.3, 0.4) is 0 Å². The molecule has 1 aromatic rings. The molecule has 0 amide bonds. The third kappa shape index (κ3) is 3.94. The van der Waals surface area contributed by atoms with Gasteiger partial charge in [-0.25, -0.2) is 4.39 Å². The molecule has 90 valence electrons. The van der Waals surface area contributed by atoms with Crippen molar-refractivity contribution in [2.24, 2.45) is 0 Å². The number of benzene rings is 1. The number of hydrogen-bond acceptors (Lipinski definition) is 2. The molecule has 1 unspecified atom stereocenters. The summed E-state index contributed by atoms with van der Waals surface area (Å²) < 4.78 is 13.1. The number of halogens is 2. The van der Waals surface area contributed by atoms with Gasteiger partial charge in [0.15, 0.2) is 0 Å². The van der Waals surface area contributed by atoms with E-state index in [-0.39, 0.29) is 16.2 Å². The summed E-state index contributed by atoms with van der Waals surface area (Å²) in [6, 6.07) is 6.14. The monoisotopic (exact) mass is 297 g/mol. The molecule has 0 bridgehead atoms. The van der Waals surface area contributed by atoms with Gasteiger partial charge in [0.05, 0.1) is 10.4 Å². The average molecular weight is 298 g/mol. The van der Waals surface area contributed by atoms with Gasteiger partial charge in [-0.2, -0.15) is 5.26 Å². The zero-order valence-corrected chi connectivity index (χ0v) is 11.1. The lowest BCUT2D eigenvalue weighted by Gasteiger charge is -2.08. The molecule has 17 heavy (non-hydrogen) atoms. The van der Waals surface area contributed by atoms with Crippen LogP contribution in [0.4, 0.5) is 4.39 Å². The quantitative estimate of drug-likeness (QED) is 0.782. The SMILES string of the molecule is CCCC(=O)C(Br)Cc1ccc(F)c(C#N)c1. The number of carbonyl (C=O) groups excluding carboxylic acids is 1. The molecule has 0 N–H and O–H groups in total. The summed E-state index contributed by atoms with van der Waals surface area (Å²) in [6.45, 7) is 1.95. The van der Waals surface area contributed by atoms with Crippen molar-refractivity contribution in [3.8, 4) is 6.07 Å². The van der Waals surface area contributed by atoms with E-state index >= 15 is 0 Å². The van der Waals surface area contributed by atoms with E-state index in [4.69, 9.17) is 5.26 Å². The molecule has 0 aliphatic heterocycles. The van der Waals surface area contributed by atoms with Gasteiger partial charge in [-0.05, 0) is 30.5 Å². The second-order valence-corrected chi connectivity index (χ2v) is 4.92. The second kappa shape index (κ2) is 6.51. The summed E-state index contributed by atoms with van der Waals surface area (Å²) in [5, 5.41) is 8.70. The highest BCUT2D eigenvalue weighted by Crippen LogP contribution is 2.16. The Morgan fingerprint density at radius 2 is 2.29 bits per heavy atom. The fourth-order valence-corrected chi connectivity index (χ4v) is 2.11. The van der Waals surface area contributed by atoms with E-state index in [1.807, 2.05) is 6.92 Å². The van der Waals surface area contributed by atoms with Crippen LogP contribution in [-0.2, 0) is 11.2 Å². The molecule has 0 aromatic heterocycles. The lowest BCUT2D eigenvalue weighted by atomic mass is 10.0. The second-order valence-electron chi connectivity index (χ2n) is 3.81. The minimum absolute atomic E-state index is 0.0186. The molecule has 0 saturated heterocycles. The molecule has 1 rings (SSSR count). The van der Waals surface area contributed by atoms with E-state index in [2.05, 4.69) is 15.9 Å². The zero-order chi connectivity index (χ0) is 12.8. The zero-order valence-electron chi connectivity index (χ0n) is 9.54. The van der Waals surface area contributed by atoms with Crippen LogP contribution in [0.15, 0.2) is 18.2 Å². The maximum absolute atomic E-state index is 13.1. The molecule has 1 atom stereocenters. The van der Waals surface area contributed by atoms with E-state index in [1.165, 1.54) is 12.1 Å². The van der Waals surface area contributed by atoms with Crippen molar-refractivity contribution in [2.75, 3.05) is 0 Å². The molecule has 0 radical (unpaired) electrons. The number of nitrogens with zero attached hydrogens (tertiary/aromatic N) is 1. The average Bonchev–Trinajstić information content (AvgIpc) is 2.31.